The van der Waals surface area contributed by atoms with Gasteiger partial charge in [0.05, 0.1) is 11.1 Å². The molecule has 0 unspecified atom stereocenters. The minimum absolute atomic E-state index is 0.237. The second kappa shape index (κ2) is 7.58. The molecule has 1 aromatic rings. The third-order valence-electron chi connectivity index (χ3n) is 2.24. The summed E-state index contributed by atoms with van der Waals surface area (Å²) in [6, 6.07) is 5.11. The minimum Gasteiger partial charge on any atom is -0.383 e. The van der Waals surface area contributed by atoms with Gasteiger partial charge in [-0.2, -0.15) is 0 Å². The van der Waals surface area contributed by atoms with E-state index in [1.54, 1.807) is 13.2 Å². The molecule has 4 heteroatoms. The molecule has 2 nitrogen and oxygen atoms in total. The molecule has 0 saturated carbocycles. The second-order valence-electron chi connectivity index (χ2n) is 3.83. The number of methoxy groups -OCH3 is 1. The van der Waals surface area contributed by atoms with Crippen molar-refractivity contribution in [1.29, 1.82) is 0 Å². The van der Waals surface area contributed by atoms with Gasteiger partial charge in [-0.1, -0.05) is 17.7 Å². The number of hydrogen-bond donors (Lipinski definition) is 1. The lowest BCUT2D eigenvalue weighted by molar-refractivity contribution is 0.200. The Hall–Kier alpha value is -0.710. The molecule has 0 atom stereocenters. The van der Waals surface area contributed by atoms with Gasteiger partial charge in [-0.3, -0.25) is 0 Å². The lowest BCUT2D eigenvalue weighted by atomic mass is 10.1. The summed E-state index contributed by atoms with van der Waals surface area (Å²) in [5.41, 5.74) is 2.03. The van der Waals surface area contributed by atoms with E-state index in [0.29, 0.717) is 11.1 Å². The number of ether oxygens (including phenoxy) is 1. The zero-order chi connectivity index (χ0) is 12.7. The van der Waals surface area contributed by atoms with Crippen LogP contribution in [-0.4, -0.2) is 26.8 Å². The van der Waals surface area contributed by atoms with Crippen molar-refractivity contribution in [3.8, 4) is 0 Å². The van der Waals surface area contributed by atoms with Crippen LogP contribution in [0.5, 0.6) is 0 Å². The molecule has 0 spiro atoms. The van der Waals surface area contributed by atoms with Gasteiger partial charge in [-0.15, -0.1) is 0 Å². The number of nitrogens with one attached hydrogen (secondary N) is 1. The molecule has 0 aliphatic carbocycles. The van der Waals surface area contributed by atoms with Gasteiger partial charge < -0.3 is 10.1 Å². The molecule has 0 aliphatic heterocycles. The lowest BCUT2D eigenvalue weighted by Gasteiger charge is -2.05. The molecule has 1 N–H and O–H groups in total. The Labute approximate surface area is 110 Å². The van der Waals surface area contributed by atoms with Gasteiger partial charge in [0.1, 0.15) is 5.82 Å². The smallest absolute Gasteiger partial charge is 0.137 e. The molecule has 0 amide bonds. The van der Waals surface area contributed by atoms with Crippen molar-refractivity contribution in [1.82, 2.24) is 5.32 Å². The van der Waals surface area contributed by atoms with Gasteiger partial charge in [0.15, 0.2) is 0 Å². The molecule has 1 rings (SSSR count). The Morgan fingerprint density at radius 1 is 1.53 bits per heavy atom. The maximum atomic E-state index is 13.3. The van der Waals surface area contributed by atoms with Gasteiger partial charge in [0.2, 0.25) is 0 Å². The second-order valence-corrected chi connectivity index (χ2v) is 4.69. The summed E-state index contributed by atoms with van der Waals surface area (Å²) < 4.78 is 18.7. The lowest BCUT2D eigenvalue weighted by Crippen LogP contribution is -2.20. The average Bonchev–Trinajstić information content (AvgIpc) is 2.30. The van der Waals surface area contributed by atoms with E-state index >= 15 is 0 Å². The molecule has 0 bridgehead atoms. The molecule has 0 aliphatic rings. The van der Waals surface area contributed by atoms with Crippen molar-refractivity contribution < 1.29 is 9.13 Å². The highest BCUT2D eigenvalue weighted by Crippen LogP contribution is 2.17. The Balaban J connectivity index is 2.52. The zero-order valence-corrected chi connectivity index (χ0v) is 11.7. The van der Waals surface area contributed by atoms with Gasteiger partial charge in [-0.05, 0) is 40.5 Å². The summed E-state index contributed by atoms with van der Waals surface area (Å²) in [7, 11) is 1.68. The highest BCUT2D eigenvalue weighted by Gasteiger charge is 1.99. The van der Waals surface area contributed by atoms with Gasteiger partial charge in [0, 0.05) is 20.2 Å². The van der Waals surface area contributed by atoms with E-state index in [2.05, 4.69) is 21.2 Å². The van der Waals surface area contributed by atoms with Crippen molar-refractivity contribution in [2.24, 2.45) is 0 Å². The highest BCUT2D eigenvalue weighted by molar-refractivity contribution is 9.10. The maximum Gasteiger partial charge on any atom is 0.137 e. The predicted octanol–water partition coefficient (Wildman–Crippen LogP) is 3.23. The molecule has 1 aromatic carbocycles. The third kappa shape index (κ3) is 5.44. The first-order valence-corrected chi connectivity index (χ1v) is 6.24. The first-order chi connectivity index (χ1) is 8.13. The Morgan fingerprint density at radius 3 is 2.94 bits per heavy atom. The van der Waals surface area contributed by atoms with E-state index in [1.165, 1.54) is 6.07 Å². The zero-order valence-electron chi connectivity index (χ0n) is 10.1. The maximum absolute atomic E-state index is 13.3. The SMILES string of the molecule is COCCNC/C(C)=C/c1ccc(Br)c(F)c1. The Kier molecular flexibility index (Phi) is 6.40. The van der Waals surface area contributed by atoms with E-state index in [-0.39, 0.29) is 5.82 Å². The summed E-state index contributed by atoms with van der Waals surface area (Å²) in [5.74, 6) is -0.237. The highest BCUT2D eigenvalue weighted by atomic mass is 79.9. The molecule has 0 aromatic heterocycles. The quantitative estimate of drug-likeness (QED) is 0.815. The van der Waals surface area contributed by atoms with Crippen molar-refractivity contribution in [2.45, 2.75) is 6.92 Å². The van der Waals surface area contributed by atoms with Crippen LogP contribution in [0.25, 0.3) is 6.08 Å². The normalized spacial score (nSPS) is 11.9. The largest absolute Gasteiger partial charge is 0.383 e. The summed E-state index contributed by atoms with van der Waals surface area (Å²) in [4.78, 5) is 0. The molecular formula is C13H17BrFNO. The van der Waals surface area contributed by atoms with Crippen LogP contribution in [0.4, 0.5) is 4.39 Å². The summed E-state index contributed by atoms with van der Waals surface area (Å²) in [5, 5.41) is 3.24. The number of hydrogen-bond acceptors (Lipinski definition) is 2. The minimum atomic E-state index is -0.237. The molecule has 0 fully saturated rings. The number of benzene rings is 1. The van der Waals surface area contributed by atoms with Crippen LogP contribution < -0.4 is 5.32 Å². The van der Waals surface area contributed by atoms with Crippen LogP contribution in [0.1, 0.15) is 12.5 Å². The van der Waals surface area contributed by atoms with Crippen LogP contribution in [0.15, 0.2) is 28.2 Å². The molecular weight excluding hydrogens is 285 g/mol. The Morgan fingerprint density at radius 2 is 2.29 bits per heavy atom. The summed E-state index contributed by atoms with van der Waals surface area (Å²) in [6.45, 7) is 4.30. The Bertz CT molecular complexity index is 393. The number of rotatable bonds is 6. The van der Waals surface area contributed by atoms with Crippen LogP contribution in [0.3, 0.4) is 0 Å². The fourth-order valence-corrected chi connectivity index (χ4v) is 1.64. The average molecular weight is 302 g/mol. The standard InChI is InChI=1S/C13H17BrFNO/c1-10(9-16-5-6-17-2)7-11-3-4-12(14)13(15)8-11/h3-4,7-8,16H,5-6,9H2,1-2H3/b10-7+. The topological polar surface area (TPSA) is 21.3 Å². The summed E-state index contributed by atoms with van der Waals surface area (Å²) in [6.07, 6.45) is 1.97. The van der Waals surface area contributed by atoms with Crippen molar-refractivity contribution in [3.63, 3.8) is 0 Å². The van der Waals surface area contributed by atoms with Gasteiger partial charge >= 0.3 is 0 Å². The molecule has 0 radical (unpaired) electrons. The van der Waals surface area contributed by atoms with Crippen LogP contribution in [0, 0.1) is 5.82 Å². The van der Waals surface area contributed by atoms with Crippen LogP contribution >= 0.6 is 15.9 Å². The van der Waals surface area contributed by atoms with E-state index in [0.717, 1.165) is 24.2 Å². The van der Waals surface area contributed by atoms with Crippen LogP contribution in [-0.2, 0) is 4.74 Å². The van der Waals surface area contributed by atoms with Gasteiger partial charge in [0.25, 0.3) is 0 Å². The summed E-state index contributed by atoms with van der Waals surface area (Å²) >= 11 is 3.13. The monoisotopic (exact) mass is 301 g/mol. The van der Waals surface area contributed by atoms with Gasteiger partial charge in [-0.25, -0.2) is 4.39 Å². The molecule has 0 heterocycles. The van der Waals surface area contributed by atoms with E-state index in [9.17, 15) is 4.39 Å². The first-order valence-electron chi connectivity index (χ1n) is 5.45. The van der Waals surface area contributed by atoms with Crippen molar-refractivity contribution >= 4 is 22.0 Å². The first kappa shape index (κ1) is 14.4. The van der Waals surface area contributed by atoms with Crippen molar-refractivity contribution in [3.05, 3.63) is 39.6 Å². The van der Waals surface area contributed by atoms with Crippen molar-refractivity contribution in [2.75, 3.05) is 26.8 Å². The number of halogens is 2. The molecule has 17 heavy (non-hydrogen) atoms. The fourth-order valence-electron chi connectivity index (χ4n) is 1.40. The van der Waals surface area contributed by atoms with E-state index in [4.69, 9.17) is 4.74 Å². The fraction of sp³-hybridized carbons (Fsp3) is 0.385. The van der Waals surface area contributed by atoms with E-state index in [1.807, 2.05) is 19.1 Å². The van der Waals surface area contributed by atoms with Crippen LogP contribution in [0.2, 0.25) is 0 Å². The molecule has 0 saturated heterocycles. The predicted molar refractivity (Wildman–Crippen MR) is 72.5 cm³/mol. The third-order valence-corrected chi connectivity index (χ3v) is 2.89. The molecule has 94 valence electrons. The van der Waals surface area contributed by atoms with E-state index < -0.39 is 0 Å².